The van der Waals surface area contributed by atoms with Crippen molar-refractivity contribution in [3.05, 3.63) is 90.9 Å². The number of nitrogens with one attached hydrogen (secondary N) is 1. The predicted molar refractivity (Wildman–Crippen MR) is 95.5 cm³/mol. The summed E-state index contributed by atoms with van der Waals surface area (Å²) < 4.78 is 3.78. The van der Waals surface area contributed by atoms with Crippen LogP contribution in [0.15, 0.2) is 79.8 Å². The van der Waals surface area contributed by atoms with Crippen LogP contribution in [0.4, 0.5) is 0 Å². The summed E-state index contributed by atoms with van der Waals surface area (Å²) in [6.45, 7) is 1.52. The van der Waals surface area contributed by atoms with Crippen molar-refractivity contribution in [2.24, 2.45) is 0 Å². The molecule has 4 rings (SSSR count). The molecule has 3 aromatic heterocycles. The molecule has 0 saturated carbocycles. The van der Waals surface area contributed by atoms with Crippen LogP contribution < -0.4 is 5.32 Å². The zero-order valence-corrected chi connectivity index (χ0v) is 13.7. The predicted octanol–water partition coefficient (Wildman–Crippen LogP) is 2.74. The Morgan fingerprint density at radius 3 is 2.56 bits per heavy atom. The molecule has 0 spiro atoms. The Bertz CT molecular complexity index is 911. The minimum atomic E-state index is 0.728. The third kappa shape index (κ3) is 3.49. The van der Waals surface area contributed by atoms with Crippen molar-refractivity contribution in [3.8, 4) is 11.5 Å². The van der Waals surface area contributed by atoms with E-state index in [9.17, 15) is 0 Å². The maximum atomic E-state index is 4.44. The summed E-state index contributed by atoms with van der Waals surface area (Å²) >= 11 is 0. The van der Waals surface area contributed by atoms with Crippen molar-refractivity contribution in [2.45, 2.75) is 13.1 Å². The number of benzene rings is 1. The molecule has 4 aromatic rings. The quantitative estimate of drug-likeness (QED) is 0.590. The Labute approximate surface area is 145 Å². The number of rotatable bonds is 6. The third-order valence-corrected chi connectivity index (χ3v) is 3.97. The molecule has 3 heterocycles. The molecule has 0 fully saturated rings. The first-order chi connectivity index (χ1) is 12.4. The smallest absolute Gasteiger partial charge is 0.157 e. The van der Waals surface area contributed by atoms with Crippen LogP contribution in [-0.4, -0.2) is 24.3 Å². The minimum Gasteiger partial charge on any atom is -0.308 e. The second kappa shape index (κ2) is 7.11. The van der Waals surface area contributed by atoms with Crippen LogP contribution in [0, 0.1) is 0 Å². The molecule has 0 bridgehead atoms. The zero-order valence-electron chi connectivity index (χ0n) is 13.7. The second-order valence-corrected chi connectivity index (χ2v) is 5.68. The first-order valence-corrected chi connectivity index (χ1v) is 8.12. The van der Waals surface area contributed by atoms with Crippen LogP contribution in [-0.2, 0) is 13.1 Å². The lowest BCUT2D eigenvalue weighted by atomic mass is 10.2. The SMILES string of the molecule is c1cnc(-n2cccn2)c(CNCc2ccc(-n3ccnc3)cc2)c1. The largest absolute Gasteiger partial charge is 0.308 e. The van der Waals surface area contributed by atoms with E-state index >= 15 is 0 Å². The van der Waals surface area contributed by atoms with E-state index in [4.69, 9.17) is 0 Å². The van der Waals surface area contributed by atoms with Gasteiger partial charge in [0.05, 0.1) is 6.33 Å². The second-order valence-electron chi connectivity index (χ2n) is 5.68. The van der Waals surface area contributed by atoms with E-state index < -0.39 is 0 Å². The number of imidazole rings is 1. The van der Waals surface area contributed by atoms with Crippen LogP contribution in [0.3, 0.4) is 0 Å². The third-order valence-electron chi connectivity index (χ3n) is 3.97. The maximum absolute atomic E-state index is 4.44. The van der Waals surface area contributed by atoms with Crippen molar-refractivity contribution >= 4 is 0 Å². The highest BCUT2D eigenvalue weighted by Gasteiger charge is 2.05. The van der Waals surface area contributed by atoms with E-state index in [1.54, 1.807) is 29.6 Å². The lowest BCUT2D eigenvalue weighted by molar-refractivity contribution is 0.681. The molecule has 0 atom stereocenters. The van der Waals surface area contributed by atoms with Crippen molar-refractivity contribution in [1.82, 2.24) is 29.6 Å². The number of hydrogen-bond acceptors (Lipinski definition) is 4. The van der Waals surface area contributed by atoms with Gasteiger partial charge in [-0.3, -0.25) is 0 Å². The Balaban J connectivity index is 1.40. The molecule has 124 valence electrons. The lowest BCUT2D eigenvalue weighted by Crippen LogP contribution is -2.15. The van der Waals surface area contributed by atoms with E-state index in [-0.39, 0.29) is 0 Å². The molecule has 6 heteroatoms. The summed E-state index contributed by atoms with van der Waals surface area (Å²) in [5.74, 6) is 0.857. The van der Waals surface area contributed by atoms with Gasteiger partial charge in [-0.15, -0.1) is 0 Å². The fraction of sp³-hybridized carbons (Fsp3) is 0.105. The van der Waals surface area contributed by atoms with Gasteiger partial charge in [-0.05, 0) is 29.8 Å². The Hall–Kier alpha value is -3.25. The van der Waals surface area contributed by atoms with Gasteiger partial charge in [-0.1, -0.05) is 18.2 Å². The number of pyridine rings is 1. The topological polar surface area (TPSA) is 60.6 Å². The molecular weight excluding hydrogens is 312 g/mol. The normalized spacial score (nSPS) is 10.9. The van der Waals surface area contributed by atoms with Crippen molar-refractivity contribution in [3.63, 3.8) is 0 Å². The zero-order chi connectivity index (χ0) is 16.9. The van der Waals surface area contributed by atoms with E-state index in [1.165, 1.54) is 5.56 Å². The molecular formula is C19H18N6. The number of nitrogens with zero attached hydrogens (tertiary/aromatic N) is 5. The van der Waals surface area contributed by atoms with Gasteiger partial charge in [-0.25, -0.2) is 14.6 Å². The molecule has 0 aliphatic carbocycles. The van der Waals surface area contributed by atoms with Crippen LogP contribution in [0.1, 0.15) is 11.1 Å². The van der Waals surface area contributed by atoms with E-state index in [0.29, 0.717) is 0 Å². The molecule has 0 radical (unpaired) electrons. The highest BCUT2D eigenvalue weighted by atomic mass is 15.3. The molecule has 1 aromatic carbocycles. The average molecular weight is 330 g/mol. The molecule has 0 aliphatic rings. The van der Waals surface area contributed by atoms with E-state index in [2.05, 4.69) is 50.7 Å². The van der Waals surface area contributed by atoms with Gasteiger partial charge in [-0.2, -0.15) is 5.10 Å². The summed E-state index contributed by atoms with van der Waals surface area (Å²) in [7, 11) is 0. The number of aromatic nitrogens is 5. The Morgan fingerprint density at radius 2 is 1.80 bits per heavy atom. The standard InChI is InChI=1S/C19H18N6/c1-3-17(19(22-8-1)25-11-2-9-23-25)14-21-13-16-4-6-18(7-5-16)24-12-10-20-15-24/h1-12,15,21H,13-14H2. The van der Waals surface area contributed by atoms with Crippen LogP contribution >= 0.6 is 0 Å². The highest BCUT2D eigenvalue weighted by Crippen LogP contribution is 2.12. The summed E-state index contributed by atoms with van der Waals surface area (Å²) in [4.78, 5) is 8.51. The molecule has 0 amide bonds. The van der Waals surface area contributed by atoms with Crippen molar-refractivity contribution < 1.29 is 0 Å². The molecule has 25 heavy (non-hydrogen) atoms. The average Bonchev–Trinajstić information content (AvgIpc) is 3.37. The molecule has 0 aliphatic heterocycles. The summed E-state index contributed by atoms with van der Waals surface area (Å²) in [6.07, 6.45) is 11.0. The number of hydrogen-bond donors (Lipinski definition) is 1. The van der Waals surface area contributed by atoms with Crippen molar-refractivity contribution in [2.75, 3.05) is 0 Å². The van der Waals surface area contributed by atoms with Gasteiger partial charge in [0.15, 0.2) is 5.82 Å². The van der Waals surface area contributed by atoms with Gasteiger partial charge in [0.1, 0.15) is 0 Å². The highest BCUT2D eigenvalue weighted by molar-refractivity contribution is 5.35. The van der Waals surface area contributed by atoms with Crippen LogP contribution in [0.5, 0.6) is 0 Å². The van der Waals surface area contributed by atoms with Gasteiger partial charge in [0.25, 0.3) is 0 Å². The summed E-state index contributed by atoms with van der Waals surface area (Å²) in [6, 6.07) is 14.4. The molecule has 6 nitrogen and oxygen atoms in total. The van der Waals surface area contributed by atoms with Crippen LogP contribution in [0.25, 0.3) is 11.5 Å². The minimum absolute atomic E-state index is 0.728. The lowest BCUT2D eigenvalue weighted by Gasteiger charge is -2.10. The summed E-state index contributed by atoms with van der Waals surface area (Å²) in [5.41, 5.74) is 3.45. The summed E-state index contributed by atoms with van der Waals surface area (Å²) in [5, 5.41) is 7.74. The van der Waals surface area contributed by atoms with Gasteiger partial charge < -0.3 is 9.88 Å². The van der Waals surface area contributed by atoms with Gasteiger partial charge in [0, 0.05) is 55.3 Å². The van der Waals surface area contributed by atoms with Gasteiger partial charge in [0.2, 0.25) is 0 Å². The Morgan fingerprint density at radius 1 is 0.880 bits per heavy atom. The molecule has 0 unspecified atom stereocenters. The molecule has 0 saturated heterocycles. The van der Waals surface area contributed by atoms with Crippen LogP contribution in [0.2, 0.25) is 0 Å². The van der Waals surface area contributed by atoms with Crippen molar-refractivity contribution in [1.29, 1.82) is 0 Å². The first kappa shape index (κ1) is 15.3. The monoisotopic (exact) mass is 330 g/mol. The van der Waals surface area contributed by atoms with Gasteiger partial charge >= 0.3 is 0 Å². The first-order valence-electron chi connectivity index (χ1n) is 8.12. The van der Waals surface area contributed by atoms with E-state index in [0.717, 1.165) is 30.2 Å². The fourth-order valence-electron chi connectivity index (χ4n) is 2.71. The maximum Gasteiger partial charge on any atom is 0.157 e. The van der Waals surface area contributed by atoms with E-state index in [1.807, 2.05) is 29.1 Å². The fourth-order valence-corrected chi connectivity index (χ4v) is 2.71. The Kier molecular flexibility index (Phi) is 4.35. The molecule has 1 N–H and O–H groups in total.